The summed E-state index contributed by atoms with van der Waals surface area (Å²) in [6.45, 7) is 4.14. The predicted octanol–water partition coefficient (Wildman–Crippen LogP) is 2.93. The second-order valence-electron chi connectivity index (χ2n) is 7.35. The van der Waals surface area contributed by atoms with Gasteiger partial charge in [0.25, 0.3) is 5.91 Å². The van der Waals surface area contributed by atoms with E-state index < -0.39 is 0 Å². The van der Waals surface area contributed by atoms with Crippen molar-refractivity contribution in [3.05, 3.63) is 52.8 Å². The van der Waals surface area contributed by atoms with E-state index in [0.717, 1.165) is 30.2 Å². The lowest BCUT2D eigenvalue weighted by Gasteiger charge is -2.41. The summed E-state index contributed by atoms with van der Waals surface area (Å²) in [5.41, 5.74) is 2.10. The number of nitrogens with zero attached hydrogens (tertiary/aromatic N) is 5. The zero-order valence-corrected chi connectivity index (χ0v) is 18.3. The van der Waals surface area contributed by atoms with E-state index in [1.165, 1.54) is 17.4 Å². The Morgan fingerprint density at radius 3 is 2.60 bits per heavy atom. The van der Waals surface area contributed by atoms with Gasteiger partial charge in [-0.3, -0.25) is 4.79 Å². The fourth-order valence-electron chi connectivity index (χ4n) is 4.05. The highest BCUT2D eigenvalue weighted by Gasteiger charge is 2.41. The van der Waals surface area contributed by atoms with E-state index >= 15 is 0 Å². The molecule has 0 radical (unpaired) electrons. The number of rotatable bonds is 6. The number of anilines is 1. The molecule has 0 aliphatic carbocycles. The minimum Gasteiger partial charge on any atom is -0.467 e. The summed E-state index contributed by atoms with van der Waals surface area (Å²) in [5.74, 6) is 0.00632. The van der Waals surface area contributed by atoms with Gasteiger partial charge in [-0.05, 0) is 25.3 Å². The minimum atomic E-state index is -0.211. The number of hydrogen-bond acceptors (Lipinski definition) is 7. The first-order chi connectivity index (χ1) is 14.6. The van der Waals surface area contributed by atoms with Crippen molar-refractivity contribution in [1.29, 1.82) is 0 Å². The van der Waals surface area contributed by atoms with Crippen molar-refractivity contribution < 1.29 is 9.53 Å². The van der Waals surface area contributed by atoms with Crippen LogP contribution in [0.5, 0.6) is 6.01 Å². The zero-order chi connectivity index (χ0) is 21.1. The van der Waals surface area contributed by atoms with Crippen molar-refractivity contribution in [3.63, 3.8) is 0 Å². The molecule has 1 fully saturated rings. The van der Waals surface area contributed by atoms with Crippen molar-refractivity contribution >= 4 is 22.4 Å². The van der Waals surface area contributed by atoms with E-state index in [1.807, 2.05) is 11.0 Å². The van der Waals surface area contributed by atoms with Crippen LogP contribution < -0.4 is 10.1 Å². The van der Waals surface area contributed by atoms with Crippen molar-refractivity contribution in [1.82, 2.24) is 24.6 Å². The van der Waals surface area contributed by atoms with Crippen molar-refractivity contribution in [3.8, 4) is 6.01 Å². The quantitative estimate of drug-likeness (QED) is 0.652. The van der Waals surface area contributed by atoms with Gasteiger partial charge in [0.05, 0.1) is 12.8 Å². The average molecular weight is 427 g/mol. The molecule has 1 saturated heterocycles. The molecule has 0 spiro atoms. The molecule has 8 nitrogen and oxygen atoms in total. The molecule has 1 aliphatic heterocycles. The summed E-state index contributed by atoms with van der Waals surface area (Å²) in [7, 11) is 3.23. The highest BCUT2D eigenvalue weighted by atomic mass is 32.1. The van der Waals surface area contributed by atoms with Crippen LogP contribution in [0.2, 0.25) is 0 Å². The van der Waals surface area contributed by atoms with E-state index in [4.69, 9.17) is 9.72 Å². The van der Waals surface area contributed by atoms with Crippen LogP contribution in [0, 0.1) is 0 Å². The van der Waals surface area contributed by atoms with Crippen LogP contribution in [-0.4, -0.2) is 57.3 Å². The number of benzene rings is 1. The maximum atomic E-state index is 13.0. The van der Waals surface area contributed by atoms with Crippen LogP contribution in [0.15, 0.2) is 35.7 Å². The second kappa shape index (κ2) is 8.43. The predicted molar refractivity (Wildman–Crippen MR) is 116 cm³/mol. The van der Waals surface area contributed by atoms with Crippen LogP contribution in [0.1, 0.15) is 41.6 Å². The number of ether oxygens (including phenoxy) is 1. The molecule has 1 aliphatic rings. The van der Waals surface area contributed by atoms with Gasteiger partial charge in [0.15, 0.2) is 5.13 Å². The maximum absolute atomic E-state index is 13.0. The Morgan fingerprint density at radius 2 is 1.97 bits per heavy atom. The molecule has 0 bridgehead atoms. The van der Waals surface area contributed by atoms with Gasteiger partial charge in [-0.1, -0.05) is 30.3 Å². The second-order valence-corrected chi connectivity index (χ2v) is 8.21. The molecule has 0 saturated carbocycles. The zero-order valence-electron chi connectivity index (χ0n) is 17.5. The van der Waals surface area contributed by atoms with E-state index in [9.17, 15) is 4.79 Å². The largest absolute Gasteiger partial charge is 0.467 e. The summed E-state index contributed by atoms with van der Waals surface area (Å²) >= 11 is 1.63. The Balaban J connectivity index is 1.59. The maximum Gasteiger partial charge on any atom is 0.314 e. The average Bonchev–Trinajstić information content (AvgIpc) is 3.41. The Bertz CT molecular complexity index is 1010. The number of methoxy groups -OCH3 is 1. The monoisotopic (exact) mass is 426 g/mol. The summed E-state index contributed by atoms with van der Waals surface area (Å²) in [4.78, 5) is 23.9. The smallest absolute Gasteiger partial charge is 0.314 e. The molecule has 4 rings (SSSR count). The van der Waals surface area contributed by atoms with Crippen LogP contribution in [0.3, 0.4) is 0 Å². The van der Waals surface area contributed by atoms with Crippen molar-refractivity contribution in [2.24, 2.45) is 7.05 Å². The standard InChI is InChI=1S/C21H26N6O2S/c1-4-22-19-23-16(14-30-19)21(15-8-6-5-7-9-15)10-12-27(13-11-21)18(28)17-24-20(29-3)26(2)25-17/h5-9,14H,4,10-13H2,1-3H3,(H,22,23). The summed E-state index contributed by atoms with van der Waals surface area (Å²) in [6.07, 6.45) is 1.59. The third kappa shape index (κ3) is 3.65. The number of amides is 1. The van der Waals surface area contributed by atoms with Gasteiger partial charge in [0, 0.05) is 37.5 Å². The van der Waals surface area contributed by atoms with Gasteiger partial charge in [-0.2, -0.15) is 4.98 Å². The number of likely N-dealkylation sites (tertiary alicyclic amines) is 1. The third-order valence-corrected chi connectivity index (χ3v) is 6.45. The molecule has 1 amide bonds. The van der Waals surface area contributed by atoms with Gasteiger partial charge in [0.2, 0.25) is 5.82 Å². The minimum absolute atomic E-state index is 0.165. The number of nitrogens with one attached hydrogen (secondary N) is 1. The van der Waals surface area contributed by atoms with Gasteiger partial charge < -0.3 is 15.0 Å². The number of piperidine rings is 1. The molecule has 3 heterocycles. The Labute approximate surface area is 179 Å². The number of carbonyl (C=O) groups excluding carboxylic acids is 1. The normalized spacial score (nSPS) is 15.8. The number of thiazole rings is 1. The fourth-order valence-corrected chi connectivity index (χ4v) is 4.93. The molecule has 2 aromatic heterocycles. The molecule has 30 heavy (non-hydrogen) atoms. The van der Waals surface area contributed by atoms with Crippen LogP contribution >= 0.6 is 11.3 Å². The molecule has 158 valence electrons. The van der Waals surface area contributed by atoms with Gasteiger partial charge in [-0.25, -0.2) is 9.67 Å². The first-order valence-electron chi connectivity index (χ1n) is 10.1. The SMILES string of the molecule is CCNc1nc(C2(c3ccccc3)CCN(C(=O)c3nc(OC)n(C)n3)CC2)cs1. The van der Waals surface area contributed by atoms with E-state index in [1.54, 1.807) is 18.4 Å². The lowest BCUT2D eigenvalue weighted by atomic mass is 9.70. The van der Waals surface area contributed by atoms with E-state index in [2.05, 4.69) is 52.0 Å². The van der Waals surface area contributed by atoms with Gasteiger partial charge in [-0.15, -0.1) is 16.4 Å². The van der Waals surface area contributed by atoms with Gasteiger partial charge in [0.1, 0.15) is 0 Å². The molecule has 1 N–H and O–H groups in total. The Kier molecular flexibility index (Phi) is 5.72. The number of aromatic nitrogens is 4. The Hall–Kier alpha value is -2.94. The highest BCUT2D eigenvalue weighted by Crippen LogP contribution is 2.42. The molecule has 9 heteroatoms. The summed E-state index contributed by atoms with van der Waals surface area (Å²) in [6, 6.07) is 10.8. The highest BCUT2D eigenvalue weighted by molar-refractivity contribution is 7.13. The van der Waals surface area contributed by atoms with Crippen LogP contribution in [0.25, 0.3) is 0 Å². The molecule has 1 aromatic carbocycles. The molecule has 0 atom stereocenters. The first-order valence-corrected chi connectivity index (χ1v) is 10.9. The van der Waals surface area contributed by atoms with E-state index in [-0.39, 0.29) is 17.1 Å². The van der Waals surface area contributed by atoms with Crippen LogP contribution in [-0.2, 0) is 12.5 Å². The van der Waals surface area contributed by atoms with Crippen molar-refractivity contribution in [2.45, 2.75) is 25.2 Å². The Morgan fingerprint density at radius 1 is 1.23 bits per heavy atom. The lowest BCUT2D eigenvalue weighted by molar-refractivity contribution is 0.0671. The molecular weight excluding hydrogens is 400 g/mol. The number of aryl methyl sites for hydroxylation is 1. The van der Waals surface area contributed by atoms with Gasteiger partial charge >= 0.3 is 6.01 Å². The first kappa shape index (κ1) is 20.3. The summed E-state index contributed by atoms with van der Waals surface area (Å²) in [5, 5.41) is 10.6. The molecule has 3 aromatic rings. The number of hydrogen-bond donors (Lipinski definition) is 1. The number of carbonyl (C=O) groups is 1. The van der Waals surface area contributed by atoms with Crippen molar-refractivity contribution in [2.75, 3.05) is 32.1 Å². The fraction of sp³-hybridized carbons (Fsp3) is 0.429. The molecule has 0 unspecified atom stereocenters. The third-order valence-electron chi connectivity index (χ3n) is 5.65. The van der Waals surface area contributed by atoms with E-state index in [0.29, 0.717) is 19.1 Å². The van der Waals surface area contributed by atoms with Crippen LogP contribution in [0.4, 0.5) is 5.13 Å². The summed E-state index contributed by atoms with van der Waals surface area (Å²) < 4.78 is 6.61. The topological polar surface area (TPSA) is 85.2 Å². The lowest BCUT2D eigenvalue weighted by Crippen LogP contribution is -2.46. The molecular formula is C21H26N6O2S.